The lowest BCUT2D eigenvalue weighted by Gasteiger charge is -2.11. The third-order valence-electron chi connectivity index (χ3n) is 1.94. The van der Waals surface area contributed by atoms with Gasteiger partial charge in [0.25, 0.3) is 0 Å². The van der Waals surface area contributed by atoms with Gasteiger partial charge in [0.15, 0.2) is 0 Å². The zero-order valence-corrected chi connectivity index (χ0v) is 11.3. The fourth-order valence-corrected chi connectivity index (χ4v) is 2.84. The van der Waals surface area contributed by atoms with Crippen LogP contribution in [0.2, 0.25) is 0 Å². The molecule has 0 aliphatic rings. The van der Waals surface area contributed by atoms with Crippen molar-refractivity contribution in [2.75, 3.05) is 0 Å². The summed E-state index contributed by atoms with van der Waals surface area (Å²) in [6.07, 6.45) is 0.0252. The SMILES string of the molecule is CC(CC#N)NS(=O)(=O)c1ccc(Br)cc1F. The average molecular weight is 321 g/mol. The summed E-state index contributed by atoms with van der Waals surface area (Å²) in [6.45, 7) is 1.54. The van der Waals surface area contributed by atoms with Gasteiger partial charge in [-0.3, -0.25) is 0 Å². The summed E-state index contributed by atoms with van der Waals surface area (Å²) in [5.74, 6) is -0.837. The summed E-state index contributed by atoms with van der Waals surface area (Å²) in [7, 11) is -3.93. The van der Waals surface area contributed by atoms with Crippen LogP contribution in [0.15, 0.2) is 27.6 Å². The second kappa shape index (κ2) is 5.58. The van der Waals surface area contributed by atoms with Crippen molar-refractivity contribution in [1.82, 2.24) is 4.72 Å². The third kappa shape index (κ3) is 3.77. The molecule has 17 heavy (non-hydrogen) atoms. The van der Waals surface area contributed by atoms with Gasteiger partial charge < -0.3 is 0 Å². The molecule has 4 nitrogen and oxygen atoms in total. The molecule has 0 bridgehead atoms. The molecule has 0 saturated carbocycles. The molecule has 0 spiro atoms. The van der Waals surface area contributed by atoms with E-state index >= 15 is 0 Å². The molecule has 0 aromatic heterocycles. The van der Waals surface area contributed by atoms with E-state index in [1.165, 1.54) is 19.1 Å². The van der Waals surface area contributed by atoms with Crippen LogP contribution in [0.4, 0.5) is 4.39 Å². The molecule has 0 aliphatic heterocycles. The smallest absolute Gasteiger partial charge is 0.207 e. The van der Waals surface area contributed by atoms with Crippen molar-refractivity contribution in [2.45, 2.75) is 24.3 Å². The minimum Gasteiger partial charge on any atom is -0.207 e. The van der Waals surface area contributed by atoms with Gasteiger partial charge in [-0.15, -0.1) is 0 Å². The summed E-state index contributed by atoms with van der Waals surface area (Å²) in [6, 6.07) is 4.95. The molecule has 0 aliphatic carbocycles. The van der Waals surface area contributed by atoms with Gasteiger partial charge in [0, 0.05) is 10.5 Å². The maximum atomic E-state index is 13.5. The Labute approximate surface area is 108 Å². The Bertz CT molecular complexity index is 554. The Kier molecular flexibility index (Phi) is 4.62. The van der Waals surface area contributed by atoms with Gasteiger partial charge in [-0.2, -0.15) is 5.26 Å². The number of nitrogens with zero attached hydrogens (tertiary/aromatic N) is 1. The van der Waals surface area contributed by atoms with Gasteiger partial charge in [0.2, 0.25) is 10.0 Å². The Morgan fingerprint density at radius 3 is 2.76 bits per heavy atom. The van der Waals surface area contributed by atoms with Crippen LogP contribution in [0.5, 0.6) is 0 Å². The van der Waals surface area contributed by atoms with E-state index in [2.05, 4.69) is 20.7 Å². The number of sulfonamides is 1. The number of nitriles is 1. The third-order valence-corrected chi connectivity index (χ3v) is 4.05. The first-order valence-electron chi connectivity index (χ1n) is 4.71. The molecule has 1 aromatic carbocycles. The average Bonchev–Trinajstić information content (AvgIpc) is 2.15. The van der Waals surface area contributed by atoms with Crippen LogP contribution in [-0.2, 0) is 10.0 Å². The Balaban J connectivity index is 3.02. The fraction of sp³-hybridized carbons (Fsp3) is 0.300. The van der Waals surface area contributed by atoms with Crippen molar-refractivity contribution in [2.24, 2.45) is 0 Å². The summed E-state index contributed by atoms with van der Waals surface area (Å²) < 4.78 is 39.7. The van der Waals surface area contributed by atoms with Crippen molar-refractivity contribution >= 4 is 26.0 Å². The normalized spacial score (nSPS) is 13.1. The van der Waals surface area contributed by atoms with Crippen LogP contribution in [0.1, 0.15) is 13.3 Å². The molecule has 0 amide bonds. The standard InChI is InChI=1S/C10H10BrFN2O2S/c1-7(4-5-13)14-17(15,16)10-3-2-8(11)6-9(10)12/h2-3,6-7,14H,4H2,1H3. The van der Waals surface area contributed by atoms with E-state index in [0.717, 1.165) is 6.07 Å². The van der Waals surface area contributed by atoms with Gasteiger partial charge in [-0.25, -0.2) is 17.5 Å². The highest BCUT2D eigenvalue weighted by Crippen LogP contribution is 2.19. The van der Waals surface area contributed by atoms with Gasteiger partial charge in [-0.05, 0) is 25.1 Å². The fourth-order valence-electron chi connectivity index (χ4n) is 1.20. The molecule has 1 rings (SSSR count). The van der Waals surface area contributed by atoms with E-state index < -0.39 is 26.8 Å². The molecule has 1 N–H and O–H groups in total. The summed E-state index contributed by atoms with van der Waals surface area (Å²) >= 11 is 3.04. The van der Waals surface area contributed by atoms with E-state index in [-0.39, 0.29) is 6.42 Å². The molecule has 92 valence electrons. The number of hydrogen-bond donors (Lipinski definition) is 1. The zero-order chi connectivity index (χ0) is 13.1. The monoisotopic (exact) mass is 320 g/mol. The lowest BCUT2D eigenvalue weighted by Crippen LogP contribution is -2.32. The molecule has 1 atom stereocenters. The van der Waals surface area contributed by atoms with E-state index in [1.54, 1.807) is 0 Å². The van der Waals surface area contributed by atoms with Crippen molar-refractivity contribution in [3.05, 3.63) is 28.5 Å². The molecule has 1 unspecified atom stereocenters. The second-order valence-corrected chi connectivity index (χ2v) is 6.06. The highest BCUT2D eigenvalue weighted by Gasteiger charge is 2.21. The molecular weight excluding hydrogens is 311 g/mol. The number of nitrogens with one attached hydrogen (secondary N) is 1. The number of benzene rings is 1. The van der Waals surface area contributed by atoms with Crippen LogP contribution in [0, 0.1) is 17.1 Å². The van der Waals surface area contributed by atoms with E-state index in [4.69, 9.17) is 5.26 Å². The van der Waals surface area contributed by atoms with Gasteiger partial charge in [0.1, 0.15) is 10.7 Å². The van der Waals surface area contributed by atoms with E-state index in [0.29, 0.717) is 4.47 Å². The first-order valence-corrected chi connectivity index (χ1v) is 6.99. The van der Waals surface area contributed by atoms with Gasteiger partial charge in [0.05, 0.1) is 12.5 Å². The molecule has 0 radical (unpaired) electrons. The maximum Gasteiger partial charge on any atom is 0.243 e. The van der Waals surface area contributed by atoms with Crippen LogP contribution < -0.4 is 4.72 Å². The molecule has 0 heterocycles. The van der Waals surface area contributed by atoms with Crippen LogP contribution in [0.25, 0.3) is 0 Å². The minimum atomic E-state index is -3.93. The lowest BCUT2D eigenvalue weighted by molar-refractivity contribution is 0.544. The first kappa shape index (κ1) is 14.1. The van der Waals surface area contributed by atoms with Crippen molar-refractivity contribution in [1.29, 1.82) is 5.26 Å². The summed E-state index contributed by atoms with van der Waals surface area (Å²) in [4.78, 5) is -0.425. The second-order valence-electron chi connectivity index (χ2n) is 3.46. The molecule has 0 saturated heterocycles. The van der Waals surface area contributed by atoms with Gasteiger partial charge in [-0.1, -0.05) is 15.9 Å². The van der Waals surface area contributed by atoms with Gasteiger partial charge >= 0.3 is 0 Å². The number of rotatable bonds is 4. The van der Waals surface area contributed by atoms with Crippen LogP contribution in [-0.4, -0.2) is 14.5 Å². The molecule has 7 heteroatoms. The number of hydrogen-bond acceptors (Lipinski definition) is 3. The molecule has 0 fully saturated rings. The van der Waals surface area contributed by atoms with Crippen molar-refractivity contribution < 1.29 is 12.8 Å². The Morgan fingerprint density at radius 2 is 2.24 bits per heavy atom. The molecular formula is C10H10BrFN2O2S. The largest absolute Gasteiger partial charge is 0.243 e. The predicted octanol–water partition coefficient (Wildman–Crippen LogP) is 2.17. The number of halogens is 2. The zero-order valence-electron chi connectivity index (χ0n) is 8.94. The summed E-state index contributed by atoms with van der Waals surface area (Å²) in [5.41, 5.74) is 0. The van der Waals surface area contributed by atoms with Crippen LogP contribution >= 0.6 is 15.9 Å². The minimum absolute atomic E-state index is 0.0252. The van der Waals surface area contributed by atoms with E-state index in [9.17, 15) is 12.8 Å². The van der Waals surface area contributed by atoms with E-state index in [1.807, 2.05) is 6.07 Å². The predicted molar refractivity (Wildman–Crippen MR) is 64.1 cm³/mol. The Hall–Kier alpha value is -0.970. The van der Waals surface area contributed by atoms with Crippen LogP contribution in [0.3, 0.4) is 0 Å². The Morgan fingerprint density at radius 1 is 1.59 bits per heavy atom. The first-order chi connectivity index (χ1) is 7.86. The van der Waals surface area contributed by atoms with Crippen molar-refractivity contribution in [3.8, 4) is 6.07 Å². The summed E-state index contributed by atoms with van der Waals surface area (Å²) in [5, 5.41) is 8.43. The quantitative estimate of drug-likeness (QED) is 0.924. The highest BCUT2D eigenvalue weighted by molar-refractivity contribution is 9.10. The lowest BCUT2D eigenvalue weighted by atomic mass is 10.3. The highest BCUT2D eigenvalue weighted by atomic mass is 79.9. The van der Waals surface area contributed by atoms with Crippen molar-refractivity contribution in [3.63, 3.8) is 0 Å². The topological polar surface area (TPSA) is 70.0 Å². The maximum absolute atomic E-state index is 13.5. The molecule has 1 aromatic rings.